The highest BCUT2D eigenvalue weighted by Crippen LogP contribution is 2.36. The van der Waals surface area contributed by atoms with Gasteiger partial charge in [-0.15, -0.1) is 0 Å². The van der Waals surface area contributed by atoms with E-state index in [1.807, 2.05) is 0 Å². The molecule has 0 aromatic carbocycles. The van der Waals surface area contributed by atoms with Crippen molar-refractivity contribution in [3.05, 3.63) is 0 Å². The summed E-state index contributed by atoms with van der Waals surface area (Å²) in [7, 11) is 0. The van der Waals surface area contributed by atoms with E-state index in [1.54, 1.807) is 0 Å². The number of thioether (sulfide) groups is 1. The first-order chi connectivity index (χ1) is 5.18. The molecule has 0 spiro atoms. The maximum Gasteiger partial charge on any atom is 0.00214 e. The van der Waals surface area contributed by atoms with Gasteiger partial charge >= 0.3 is 0 Å². The fraction of sp³-hybridized carbons (Fsp3) is 1.00. The van der Waals surface area contributed by atoms with Crippen molar-refractivity contribution in [1.29, 1.82) is 0 Å². The zero-order valence-electron chi connectivity index (χ0n) is 7.97. The fourth-order valence-corrected chi connectivity index (χ4v) is 2.37. The van der Waals surface area contributed by atoms with Crippen molar-refractivity contribution < 1.29 is 0 Å². The molecule has 11 heavy (non-hydrogen) atoms. The Morgan fingerprint density at radius 3 is 2.36 bits per heavy atom. The summed E-state index contributed by atoms with van der Waals surface area (Å²) in [5.74, 6) is 3.31. The summed E-state index contributed by atoms with van der Waals surface area (Å²) in [6.45, 7) is 6.99. The van der Waals surface area contributed by atoms with Gasteiger partial charge in [-0.2, -0.15) is 11.8 Å². The van der Waals surface area contributed by atoms with Gasteiger partial charge in [0.15, 0.2) is 0 Å². The second-order valence-electron chi connectivity index (χ2n) is 4.22. The average Bonchev–Trinajstić information content (AvgIpc) is 2.67. The molecule has 0 radical (unpaired) electrons. The van der Waals surface area contributed by atoms with Crippen LogP contribution in [0.3, 0.4) is 0 Å². The van der Waals surface area contributed by atoms with Crippen LogP contribution in [0.1, 0.15) is 40.0 Å². The van der Waals surface area contributed by atoms with Crippen LogP contribution < -0.4 is 0 Å². The molecule has 0 bridgehead atoms. The molecule has 0 heterocycles. The van der Waals surface area contributed by atoms with E-state index in [9.17, 15) is 0 Å². The summed E-state index contributed by atoms with van der Waals surface area (Å²) < 4.78 is 0. The summed E-state index contributed by atoms with van der Waals surface area (Å²) in [5.41, 5.74) is 0. The predicted octanol–water partition coefficient (Wildman–Crippen LogP) is 3.56. The molecule has 1 aliphatic carbocycles. The lowest BCUT2D eigenvalue weighted by Gasteiger charge is -2.11. The van der Waals surface area contributed by atoms with E-state index in [-0.39, 0.29) is 0 Å². The van der Waals surface area contributed by atoms with E-state index in [4.69, 9.17) is 0 Å². The van der Waals surface area contributed by atoms with Gasteiger partial charge in [0.05, 0.1) is 0 Å². The van der Waals surface area contributed by atoms with Gasteiger partial charge in [-0.25, -0.2) is 0 Å². The molecule has 0 nitrogen and oxygen atoms in total. The minimum atomic E-state index is 0.863. The van der Waals surface area contributed by atoms with E-state index in [2.05, 4.69) is 32.5 Å². The Kier molecular flexibility index (Phi) is 3.77. The van der Waals surface area contributed by atoms with Gasteiger partial charge in [0.1, 0.15) is 0 Å². The summed E-state index contributed by atoms with van der Waals surface area (Å²) in [4.78, 5) is 0. The maximum atomic E-state index is 2.38. The van der Waals surface area contributed by atoms with Gasteiger partial charge in [0.2, 0.25) is 0 Å². The molecule has 1 atom stereocenters. The van der Waals surface area contributed by atoms with Crippen LogP contribution in [0.25, 0.3) is 0 Å². The van der Waals surface area contributed by atoms with Crippen LogP contribution in [0.4, 0.5) is 0 Å². The SMILES string of the molecule is CC(C)CSC(C)CC1CC1. The molecule has 0 saturated heterocycles. The maximum absolute atomic E-state index is 2.38. The molecule has 1 saturated carbocycles. The summed E-state index contributed by atoms with van der Waals surface area (Å²) in [6.07, 6.45) is 4.48. The van der Waals surface area contributed by atoms with E-state index in [1.165, 1.54) is 25.0 Å². The minimum absolute atomic E-state index is 0.863. The van der Waals surface area contributed by atoms with Crippen LogP contribution >= 0.6 is 11.8 Å². The Labute approximate surface area is 75.1 Å². The normalized spacial score (nSPS) is 20.7. The van der Waals surface area contributed by atoms with Crippen molar-refractivity contribution in [2.75, 3.05) is 5.75 Å². The van der Waals surface area contributed by atoms with Crippen molar-refractivity contribution >= 4 is 11.8 Å². The smallest absolute Gasteiger partial charge is 0.00214 e. The van der Waals surface area contributed by atoms with Gasteiger partial charge in [-0.1, -0.05) is 33.6 Å². The molecule has 0 amide bonds. The van der Waals surface area contributed by atoms with Crippen molar-refractivity contribution in [3.8, 4) is 0 Å². The van der Waals surface area contributed by atoms with Gasteiger partial charge in [0, 0.05) is 5.25 Å². The third-order valence-corrected chi connectivity index (χ3v) is 3.70. The van der Waals surface area contributed by atoms with Crippen LogP contribution in [-0.4, -0.2) is 11.0 Å². The standard InChI is InChI=1S/C10H20S/c1-8(2)7-11-9(3)6-10-4-5-10/h8-10H,4-7H2,1-3H3. The third-order valence-electron chi connectivity index (χ3n) is 2.08. The lowest BCUT2D eigenvalue weighted by atomic mass is 10.2. The van der Waals surface area contributed by atoms with Gasteiger partial charge in [-0.3, -0.25) is 0 Å². The third kappa shape index (κ3) is 4.73. The first-order valence-electron chi connectivity index (χ1n) is 4.80. The highest BCUT2D eigenvalue weighted by atomic mass is 32.2. The minimum Gasteiger partial charge on any atom is -0.159 e. The molecule has 1 fully saturated rings. The molecule has 1 aliphatic rings. The topological polar surface area (TPSA) is 0 Å². The molecule has 0 aromatic heterocycles. The highest BCUT2D eigenvalue weighted by molar-refractivity contribution is 7.99. The predicted molar refractivity (Wildman–Crippen MR) is 54.1 cm³/mol. The van der Waals surface area contributed by atoms with Gasteiger partial charge in [-0.05, 0) is 24.0 Å². The highest BCUT2D eigenvalue weighted by Gasteiger charge is 2.23. The molecule has 0 aromatic rings. The molecule has 66 valence electrons. The lowest BCUT2D eigenvalue weighted by molar-refractivity contribution is 0.708. The lowest BCUT2D eigenvalue weighted by Crippen LogP contribution is -2.01. The summed E-state index contributed by atoms with van der Waals surface area (Å²) in [5, 5.41) is 0.907. The van der Waals surface area contributed by atoms with Gasteiger partial charge < -0.3 is 0 Å². The second-order valence-corrected chi connectivity index (χ2v) is 5.69. The van der Waals surface area contributed by atoms with Crippen LogP contribution in [-0.2, 0) is 0 Å². The fourth-order valence-electron chi connectivity index (χ4n) is 1.25. The first-order valence-corrected chi connectivity index (χ1v) is 5.85. The van der Waals surface area contributed by atoms with E-state index >= 15 is 0 Å². The quantitative estimate of drug-likeness (QED) is 0.611. The summed E-state index contributed by atoms with van der Waals surface area (Å²) >= 11 is 2.15. The van der Waals surface area contributed by atoms with Crippen molar-refractivity contribution in [1.82, 2.24) is 0 Å². The van der Waals surface area contributed by atoms with Crippen molar-refractivity contribution in [2.45, 2.75) is 45.3 Å². The Morgan fingerprint density at radius 1 is 1.27 bits per heavy atom. The van der Waals surface area contributed by atoms with E-state index in [0.717, 1.165) is 17.1 Å². The Bertz CT molecular complexity index is 105. The molecule has 1 unspecified atom stereocenters. The monoisotopic (exact) mass is 172 g/mol. The van der Waals surface area contributed by atoms with Crippen molar-refractivity contribution in [3.63, 3.8) is 0 Å². The Hall–Kier alpha value is 0.350. The number of hydrogen-bond donors (Lipinski definition) is 0. The zero-order chi connectivity index (χ0) is 8.27. The Morgan fingerprint density at radius 2 is 1.91 bits per heavy atom. The van der Waals surface area contributed by atoms with Crippen LogP contribution in [0.2, 0.25) is 0 Å². The molecular weight excluding hydrogens is 152 g/mol. The number of hydrogen-bond acceptors (Lipinski definition) is 1. The largest absolute Gasteiger partial charge is 0.159 e. The number of rotatable bonds is 5. The molecule has 1 rings (SSSR count). The Balaban J connectivity index is 1.95. The van der Waals surface area contributed by atoms with E-state index < -0.39 is 0 Å². The molecule has 1 heteroatoms. The molecular formula is C10H20S. The van der Waals surface area contributed by atoms with Crippen LogP contribution in [0, 0.1) is 11.8 Å². The van der Waals surface area contributed by atoms with Gasteiger partial charge in [0.25, 0.3) is 0 Å². The molecule has 0 N–H and O–H groups in total. The van der Waals surface area contributed by atoms with E-state index in [0.29, 0.717) is 0 Å². The first kappa shape index (κ1) is 9.44. The average molecular weight is 172 g/mol. The molecule has 0 aliphatic heterocycles. The zero-order valence-corrected chi connectivity index (χ0v) is 8.79. The van der Waals surface area contributed by atoms with Crippen LogP contribution in [0.15, 0.2) is 0 Å². The summed E-state index contributed by atoms with van der Waals surface area (Å²) in [6, 6.07) is 0. The van der Waals surface area contributed by atoms with Crippen molar-refractivity contribution in [2.24, 2.45) is 11.8 Å². The van der Waals surface area contributed by atoms with Crippen LogP contribution in [0.5, 0.6) is 0 Å². The second kappa shape index (κ2) is 4.39.